The Morgan fingerprint density at radius 3 is 2.48 bits per heavy atom. The van der Waals surface area contributed by atoms with Gasteiger partial charge in [-0.15, -0.1) is 0 Å². The van der Waals surface area contributed by atoms with Gasteiger partial charge in [-0.05, 0) is 36.2 Å². The summed E-state index contributed by atoms with van der Waals surface area (Å²) >= 11 is 11.8. The van der Waals surface area contributed by atoms with Crippen molar-refractivity contribution in [1.82, 2.24) is 0 Å². The quantitative estimate of drug-likeness (QED) is 0.846. The minimum Gasteiger partial charge on any atom is -0.319 e. The lowest BCUT2D eigenvalue weighted by Crippen LogP contribution is -2.28. The van der Waals surface area contributed by atoms with Crippen LogP contribution >= 0.6 is 23.2 Å². The number of rotatable bonds is 4. The molecule has 0 heterocycles. The van der Waals surface area contributed by atoms with Crippen molar-refractivity contribution >= 4 is 40.6 Å². The van der Waals surface area contributed by atoms with Crippen LogP contribution in [-0.2, 0) is 9.59 Å². The molecule has 116 valence electrons. The lowest BCUT2D eigenvalue weighted by Gasteiger charge is -2.12. The molecule has 4 nitrogen and oxygen atoms in total. The zero-order valence-corrected chi connectivity index (χ0v) is 13.7. The molecule has 1 atom stereocenters. The van der Waals surface area contributed by atoms with Crippen LogP contribution in [0.15, 0.2) is 42.5 Å². The first kappa shape index (κ1) is 17.0. The Morgan fingerprint density at radius 2 is 1.87 bits per heavy atom. The van der Waals surface area contributed by atoms with Gasteiger partial charge in [-0.2, -0.15) is 5.26 Å². The predicted octanol–water partition coefficient (Wildman–Crippen LogP) is 4.12. The number of carbonyl (C=O) groups is 2. The number of amides is 1. The van der Waals surface area contributed by atoms with Gasteiger partial charge in [-0.25, -0.2) is 0 Å². The number of nitrogens with zero attached hydrogens (tertiary/aromatic N) is 1. The number of Topliss-reactive ketones (excluding diaryl/α,β-unsaturated/α-hetero) is 1. The van der Waals surface area contributed by atoms with Crippen LogP contribution in [0.2, 0.25) is 10.0 Å². The van der Waals surface area contributed by atoms with E-state index in [1.165, 1.54) is 18.2 Å². The number of nitriles is 1. The average Bonchev–Trinajstić information content (AvgIpc) is 2.52. The van der Waals surface area contributed by atoms with E-state index in [4.69, 9.17) is 23.2 Å². The third-order valence-corrected chi connectivity index (χ3v) is 3.84. The zero-order chi connectivity index (χ0) is 17.0. The van der Waals surface area contributed by atoms with E-state index >= 15 is 0 Å². The van der Waals surface area contributed by atoms with E-state index in [9.17, 15) is 14.9 Å². The molecule has 1 amide bonds. The van der Waals surface area contributed by atoms with Gasteiger partial charge >= 0.3 is 0 Å². The van der Waals surface area contributed by atoms with Crippen molar-refractivity contribution in [2.75, 3.05) is 5.32 Å². The highest BCUT2D eigenvalue weighted by atomic mass is 35.5. The van der Waals surface area contributed by atoms with Crippen molar-refractivity contribution in [2.45, 2.75) is 12.8 Å². The van der Waals surface area contributed by atoms with E-state index in [1.807, 2.05) is 12.1 Å². The van der Waals surface area contributed by atoms with Gasteiger partial charge in [0.25, 0.3) is 5.91 Å². The molecule has 0 saturated carbocycles. The molecule has 0 aliphatic heterocycles. The third-order valence-electron chi connectivity index (χ3n) is 3.28. The molecule has 0 aromatic heterocycles. The van der Waals surface area contributed by atoms with E-state index in [0.717, 1.165) is 5.56 Å². The number of halogens is 2. The van der Waals surface area contributed by atoms with Gasteiger partial charge in [0.05, 0.1) is 6.07 Å². The molecule has 0 aliphatic rings. The summed E-state index contributed by atoms with van der Waals surface area (Å²) in [5.41, 5.74) is 1.58. The highest BCUT2D eigenvalue weighted by molar-refractivity contribution is 6.44. The highest BCUT2D eigenvalue weighted by Crippen LogP contribution is 2.28. The van der Waals surface area contributed by atoms with Gasteiger partial charge in [-0.1, -0.05) is 47.5 Å². The second-order valence-corrected chi connectivity index (χ2v) is 5.70. The molecule has 0 spiro atoms. The van der Waals surface area contributed by atoms with E-state index < -0.39 is 17.6 Å². The van der Waals surface area contributed by atoms with Gasteiger partial charge in [0.1, 0.15) is 5.92 Å². The van der Waals surface area contributed by atoms with Crippen LogP contribution in [-0.4, -0.2) is 11.7 Å². The van der Waals surface area contributed by atoms with Gasteiger partial charge < -0.3 is 5.32 Å². The molecule has 0 aliphatic carbocycles. The number of nitrogens with one attached hydrogen (secondary N) is 1. The molecule has 6 heteroatoms. The van der Waals surface area contributed by atoms with E-state index in [1.54, 1.807) is 25.1 Å². The summed E-state index contributed by atoms with van der Waals surface area (Å²) in [6.45, 7) is 1.80. The van der Waals surface area contributed by atoms with Crippen LogP contribution in [0.5, 0.6) is 0 Å². The number of hydrogen-bond donors (Lipinski definition) is 1. The van der Waals surface area contributed by atoms with Crippen LogP contribution < -0.4 is 5.32 Å². The Balaban J connectivity index is 2.25. The molecule has 2 aromatic rings. The predicted molar refractivity (Wildman–Crippen MR) is 89.6 cm³/mol. The summed E-state index contributed by atoms with van der Waals surface area (Å²) in [5, 5.41) is 12.3. The van der Waals surface area contributed by atoms with Crippen LogP contribution in [0, 0.1) is 18.3 Å². The fourth-order valence-corrected chi connectivity index (χ4v) is 2.55. The Hall–Kier alpha value is -2.35. The molecular weight excluding hydrogens is 335 g/mol. The normalized spacial score (nSPS) is 11.4. The maximum atomic E-state index is 12.3. The van der Waals surface area contributed by atoms with Crippen molar-refractivity contribution in [2.24, 2.45) is 0 Å². The average molecular weight is 347 g/mol. The third kappa shape index (κ3) is 3.89. The van der Waals surface area contributed by atoms with E-state index in [-0.39, 0.29) is 10.6 Å². The number of ketones is 1. The summed E-state index contributed by atoms with van der Waals surface area (Å²) in [7, 11) is 0. The minimum absolute atomic E-state index is 0.168. The molecule has 2 aromatic carbocycles. The molecule has 0 bridgehead atoms. The van der Waals surface area contributed by atoms with Crippen LogP contribution in [0.25, 0.3) is 0 Å². The van der Waals surface area contributed by atoms with Crippen molar-refractivity contribution in [1.29, 1.82) is 5.26 Å². The Morgan fingerprint density at radius 1 is 1.17 bits per heavy atom. The standard InChI is InChI=1S/C17H12Cl2N2O2/c1-10-4-2-3-5-15(10)21-17(23)16(22)13(9-20)12-7-6-11(18)8-14(12)19/h2-8,13H,1H3,(H,21,23). The van der Waals surface area contributed by atoms with Crippen LogP contribution in [0.3, 0.4) is 0 Å². The van der Waals surface area contributed by atoms with E-state index in [0.29, 0.717) is 10.7 Å². The first-order valence-corrected chi connectivity index (χ1v) is 7.45. The maximum Gasteiger partial charge on any atom is 0.293 e. The van der Waals surface area contributed by atoms with Crippen LogP contribution in [0.1, 0.15) is 17.0 Å². The molecule has 0 saturated heterocycles. The second-order valence-electron chi connectivity index (χ2n) is 4.86. The molecule has 0 radical (unpaired) electrons. The first-order valence-electron chi connectivity index (χ1n) is 6.69. The number of anilines is 1. The number of hydrogen-bond acceptors (Lipinski definition) is 3. The molecule has 1 N–H and O–H groups in total. The Bertz CT molecular complexity index is 812. The molecule has 0 fully saturated rings. The van der Waals surface area contributed by atoms with Crippen molar-refractivity contribution in [3.05, 3.63) is 63.6 Å². The summed E-state index contributed by atoms with van der Waals surface area (Å²) in [6.07, 6.45) is 0. The molecule has 2 rings (SSSR count). The SMILES string of the molecule is Cc1ccccc1NC(=O)C(=O)C(C#N)c1ccc(Cl)cc1Cl. The number of carbonyl (C=O) groups excluding carboxylic acids is 2. The van der Waals surface area contributed by atoms with Gasteiger partial charge in [-0.3, -0.25) is 9.59 Å². The minimum atomic E-state index is -1.29. The number of benzene rings is 2. The van der Waals surface area contributed by atoms with Gasteiger partial charge in [0.15, 0.2) is 0 Å². The summed E-state index contributed by atoms with van der Waals surface area (Å²) < 4.78 is 0. The van der Waals surface area contributed by atoms with Crippen molar-refractivity contribution < 1.29 is 9.59 Å². The zero-order valence-electron chi connectivity index (χ0n) is 12.1. The van der Waals surface area contributed by atoms with E-state index in [2.05, 4.69) is 5.32 Å². The Kier molecular flexibility index (Phi) is 5.38. The first-order chi connectivity index (χ1) is 10.9. The number of para-hydroxylation sites is 1. The van der Waals surface area contributed by atoms with Gasteiger partial charge in [0.2, 0.25) is 5.78 Å². The van der Waals surface area contributed by atoms with Crippen LogP contribution in [0.4, 0.5) is 5.69 Å². The van der Waals surface area contributed by atoms with Crippen molar-refractivity contribution in [3.63, 3.8) is 0 Å². The molecule has 1 unspecified atom stereocenters. The summed E-state index contributed by atoms with van der Waals surface area (Å²) in [6, 6.07) is 13.3. The fraction of sp³-hybridized carbons (Fsp3) is 0.118. The monoisotopic (exact) mass is 346 g/mol. The van der Waals surface area contributed by atoms with Crippen molar-refractivity contribution in [3.8, 4) is 6.07 Å². The second kappa shape index (κ2) is 7.28. The summed E-state index contributed by atoms with van der Waals surface area (Å²) in [5.74, 6) is -3.03. The lowest BCUT2D eigenvalue weighted by atomic mass is 9.95. The van der Waals surface area contributed by atoms with Gasteiger partial charge in [0, 0.05) is 15.7 Å². The molecular formula is C17H12Cl2N2O2. The lowest BCUT2D eigenvalue weighted by molar-refractivity contribution is -0.135. The summed E-state index contributed by atoms with van der Waals surface area (Å²) in [4.78, 5) is 24.4. The fourth-order valence-electron chi connectivity index (χ4n) is 2.03. The maximum absolute atomic E-state index is 12.3. The largest absolute Gasteiger partial charge is 0.319 e. The Labute approximate surface area is 143 Å². The highest BCUT2D eigenvalue weighted by Gasteiger charge is 2.28. The molecule has 23 heavy (non-hydrogen) atoms. The topological polar surface area (TPSA) is 70.0 Å². The number of aryl methyl sites for hydroxylation is 1. The smallest absolute Gasteiger partial charge is 0.293 e.